The molecule has 6 heteroatoms. The number of hydrogen-bond acceptors (Lipinski definition) is 5. The van der Waals surface area contributed by atoms with Gasteiger partial charge in [0, 0.05) is 17.8 Å². The van der Waals surface area contributed by atoms with Crippen LogP contribution in [0.2, 0.25) is 0 Å². The predicted molar refractivity (Wildman–Crippen MR) is 59.2 cm³/mol. The molecular formula is C8H7BrN4S. The molecule has 4 nitrogen and oxygen atoms in total. The Balaban J connectivity index is 1.95. The molecule has 0 aliphatic rings. The van der Waals surface area contributed by atoms with E-state index in [1.807, 2.05) is 5.38 Å². The second kappa shape index (κ2) is 4.47. The summed E-state index contributed by atoms with van der Waals surface area (Å²) in [5, 5.41) is 5.07. The average Bonchev–Trinajstić information content (AvgIpc) is 2.70. The molecule has 0 fully saturated rings. The van der Waals surface area contributed by atoms with Crippen LogP contribution in [0.4, 0.5) is 5.95 Å². The number of nitrogens with zero attached hydrogens (tertiary/aromatic N) is 3. The second-order valence-electron chi connectivity index (χ2n) is 2.56. The van der Waals surface area contributed by atoms with E-state index in [0.29, 0.717) is 12.5 Å². The molecular weight excluding hydrogens is 264 g/mol. The van der Waals surface area contributed by atoms with Crippen LogP contribution in [-0.4, -0.2) is 15.0 Å². The third-order valence-corrected chi connectivity index (χ3v) is 2.58. The van der Waals surface area contributed by atoms with Crippen LogP contribution in [0.1, 0.15) is 5.69 Å². The zero-order valence-corrected chi connectivity index (χ0v) is 9.55. The Morgan fingerprint density at radius 1 is 1.29 bits per heavy atom. The lowest BCUT2D eigenvalue weighted by Gasteiger charge is -2.01. The molecule has 0 radical (unpaired) electrons. The van der Waals surface area contributed by atoms with Crippen LogP contribution in [0.25, 0.3) is 0 Å². The van der Waals surface area contributed by atoms with E-state index in [9.17, 15) is 0 Å². The third-order valence-electron chi connectivity index (χ3n) is 1.53. The van der Waals surface area contributed by atoms with E-state index in [1.165, 1.54) is 0 Å². The van der Waals surface area contributed by atoms with Crippen LogP contribution in [0.15, 0.2) is 27.8 Å². The molecule has 2 aromatic rings. The summed E-state index contributed by atoms with van der Waals surface area (Å²) in [6.07, 6.45) is 3.41. The van der Waals surface area contributed by atoms with Gasteiger partial charge in [-0.15, -0.1) is 11.3 Å². The summed E-state index contributed by atoms with van der Waals surface area (Å²) < 4.78 is 0.872. The van der Waals surface area contributed by atoms with Crippen molar-refractivity contribution in [1.82, 2.24) is 15.0 Å². The number of aromatic nitrogens is 3. The molecule has 2 aromatic heterocycles. The van der Waals surface area contributed by atoms with Crippen LogP contribution in [0.3, 0.4) is 0 Å². The lowest BCUT2D eigenvalue weighted by molar-refractivity contribution is 1.01. The number of anilines is 1. The van der Waals surface area contributed by atoms with Gasteiger partial charge in [0.1, 0.15) is 0 Å². The normalized spacial score (nSPS) is 10.1. The Hall–Kier alpha value is -1.01. The minimum absolute atomic E-state index is 0.612. The lowest BCUT2D eigenvalue weighted by atomic mass is 10.5. The van der Waals surface area contributed by atoms with E-state index in [4.69, 9.17) is 0 Å². The van der Waals surface area contributed by atoms with Gasteiger partial charge in [0.25, 0.3) is 0 Å². The molecule has 1 N–H and O–H groups in total. The van der Waals surface area contributed by atoms with Gasteiger partial charge in [0.05, 0.1) is 22.2 Å². The number of nitrogens with one attached hydrogen (secondary N) is 1. The first-order valence-electron chi connectivity index (χ1n) is 3.93. The van der Waals surface area contributed by atoms with E-state index in [-0.39, 0.29) is 0 Å². The first kappa shape index (κ1) is 9.54. The molecule has 2 rings (SSSR count). The summed E-state index contributed by atoms with van der Waals surface area (Å²) >= 11 is 4.85. The van der Waals surface area contributed by atoms with Crippen molar-refractivity contribution in [2.75, 3.05) is 5.32 Å². The smallest absolute Gasteiger partial charge is 0.222 e. The van der Waals surface area contributed by atoms with Crippen molar-refractivity contribution in [1.29, 1.82) is 0 Å². The molecule has 0 bridgehead atoms. The third kappa shape index (κ3) is 2.49. The van der Waals surface area contributed by atoms with Gasteiger partial charge in [-0.05, 0) is 15.9 Å². The number of thiazole rings is 1. The van der Waals surface area contributed by atoms with Crippen molar-refractivity contribution < 1.29 is 0 Å². The Morgan fingerprint density at radius 3 is 2.71 bits per heavy atom. The maximum absolute atomic E-state index is 4.14. The second-order valence-corrected chi connectivity index (χ2v) is 4.19. The van der Waals surface area contributed by atoms with Gasteiger partial charge in [-0.2, -0.15) is 0 Å². The molecule has 0 atom stereocenters. The highest BCUT2D eigenvalue weighted by atomic mass is 79.9. The van der Waals surface area contributed by atoms with Crippen molar-refractivity contribution in [3.05, 3.63) is 33.5 Å². The fraction of sp³-hybridized carbons (Fsp3) is 0.125. The number of hydrogen-bond donors (Lipinski definition) is 1. The van der Waals surface area contributed by atoms with Crippen LogP contribution in [0.5, 0.6) is 0 Å². The zero-order valence-electron chi connectivity index (χ0n) is 7.14. The summed E-state index contributed by atoms with van der Waals surface area (Å²) in [5.41, 5.74) is 2.81. The van der Waals surface area contributed by atoms with E-state index >= 15 is 0 Å². The Labute approximate surface area is 93.6 Å². The van der Waals surface area contributed by atoms with Crippen LogP contribution in [-0.2, 0) is 6.54 Å². The predicted octanol–water partition coefficient (Wildman–Crippen LogP) is 2.31. The molecule has 0 aliphatic carbocycles. The van der Waals surface area contributed by atoms with Crippen molar-refractivity contribution >= 4 is 33.2 Å². The molecule has 72 valence electrons. The SMILES string of the molecule is Brc1cnc(NCc2cscn2)nc1. The highest BCUT2D eigenvalue weighted by Gasteiger charge is 1.97. The van der Waals surface area contributed by atoms with Gasteiger partial charge in [0.15, 0.2) is 0 Å². The molecule has 0 aliphatic heterocycles. The first-order chi connectivity index (χ1) is 6.84. The van der Waals surface area contributed by atoms with Gasteiger partial charge in [-0.3, -0.25) is 0 Å². The van der Waals surface area contributed by atoms with E-state index in [0.717, 1.165) is 10.2 Å². The quantitative estimate of drug-likeness (QED) is 0.930. The fourth-order valence-corrected chi connectivity index (χ4v) is 1.66. The maximum atomic E-state index is 4.14. The highest BCUT2D eigenvalue weighted by Crippen LogP contribution is 2.08. The Bertz CT molecular complexity index is 386. The molecule has 2 heterocycles. The standard InChI is InChI=1S/C8H7BrN4S/c9-6-1-10-8(11-2-6)12-3-7-4-14-5-13-7/h1-2,4-5H,3H2,(H,10,11,12). The van der Waals surface area contributed by atoms with Crippen molar-refractivity contribution in [3.63, 3.8) is 0 Å². The Morgan fingerprint density at radius 2 is 2.07 bits per heavy atom. The minimum Gasteiger partial charge on any atom is -0.349 e. The first-order valence-corrected chi connectivity index (χ1v) is 5.66. The van der Waals surface area contributed by atoms with Crippen LogP contribution >= 0.6 is 27.3 Å². The van der Waals surface area contributed by atoms with E-state index in [2.05, 4.69) is 36.2 Å². The highest BCUT2D eigenvalue weighted by molar-refractivity contribution is 9.10. The van der Waals surface area contributed by atoms with Gasteiger partial charge < -0.3 is 5.32 Å². The summed E-state index contributed by atoms with van der Waals surface area (Å²) in [4.78, 5) is 12.3. The topological polar surface area (TPSA) is 50.7 Å². The maximum Gasteiger partial charge on any atom is 0.222 e. The molecule has 0 amide bonds. The summed E-state index contributed by atoms with van der Waals surface area (Å²) in [7, 11) is 0. The van der Waals surface area contributed by atoms with Gasteiger partial charge in [-0.1, -0.05) is 0 Å². The molecule has 14 heavy (non-hydrogen) atoms. The van der Waals surface area contributed by atoms with Gasteiger partial charge in [0.2, 0.25) is 5.95 Å². The van der Waals surface area contributed by atoms with Crippen LogP contribution < -0.4 is 5.32 Å². The fourth-order valence-electron chi connectivity index (χ4n) is 0.898. The van der Waals surface area contributed by atoms with Crippen molar-refractivity contribution in [2.24, 2.45) is 0 Å². The van der Waals surface area contributed by atoms with Crippen molar-refractivity contribution in [3.8, 4) is 0 Å². The monoisotopic (exact) mass is 270 g/mol. The van der Waals surface area contributed by atoms with E-state index in [1.54, 1.807) is 29.2 Å². The Kier molecular flexibility index (Phi) is 3.05. The average molecular weight is 271 g/mol. The van der Waals surface area contributed by atoms with Crippen LogP contribution in [0, 0.1) is 0 Å². The lowest BCUT2D eigenvalue weighted by Crippen LogP contribution is -2.02. The van der Waals surface area contributed by atoms with Gasteiger partial charge in [-0.25, -0.2) is 15.0 Å². The number of rotatable bonds is 3. The number of halogens is 1. The summed E-state index contributed by atoms with van der Waals surface area (Å²) in [5.74, 6) is 0.612. The van der Waals surface area contributed by atoms with Gasteiger partial charge >= 0.3 is 0 Å². The summed E-state index contributed by atoms with van der Waals surface area (Å²) in [6, 6.07) is 0. The molecule has 0 aromatic carbocycles. The zero-order chi connectivity index (χ0) is 9.80. The van der Waals surface area contributed by atoms with Crippen molar-refractivity contribution in [2.45, 2.75) is 6.54 Å². The molecule has 0 saturated carbocycles. The molecule has 0 saturated heterocycles. The summed E-state index contributed by atoms with van der Waals surface area (Å²) in [6.45, 7) is 0.658. The minimum atomic E-state index is 0.612. The van der Waals surface area contributed by atoms with E-state index < -0.39 is 0 Å². The molecule has 0 unspecified atom stereocenters. The molecule has 0 spiro atoms. The largest absolute Gasteiger partial charge is 0.349 e.